The second-order valence-electron chi connectivity index (χ2n) is 5.50. The lowest BCUT2D eigenvalue weighted by atomic mass is 10.1. The molecule has 0 aliphatic carbocycles. The summed E-state index contributed by atoms with van der Waals surface area (Å²) in [6.07, 6.45) is 2.95. The number of hydrogen-bond donors (Lipinski definition) is 1. The lowest BCUT2D eigenvalue weighted by Crippen LogP contribution is -2.38. The lowest BCUT2D eigenvalue weighted by molar-refractivity contribution is -0.384. The third-order valence-corrected chi connectivity index (χ3v) is 3.93. The van der Waals surface area contributed by atoms with Crippen LogP contribution in [0.15, 0.2) is 29.4 Å². The number of piperidine rings is 1. The Bertz CT molecular complexity index is 544. The molecule has 1 aliphatic rings. The molecular formula is C15H20ClN3O4. The largest absolute Gasteiger partial charge is 0.392 e. The van der Waals surface area contributed by atoms with Crippen LogP contribution in [0.3, 0.4) is 0 Å². The van der Waals surface area contributed by atoms with Gasteiger partial charge in [0.15, 0.2) is 5.17 Å². The number of aliphatic hydroxyl groups excluding tert-OH is 1. The lowest BCUT2D eigenvalue weighted by Gasteiger charge is -2.27. The van der Waals surface area contributed by atoms with Gasteiger partial charge < -0.3 is 14.8 Å². The first-order valence-corrected chi connectivity index (χ1v) is 7.95. The van der Waals surface area contributed by atoms with Crippen molar-refractivity contribution in [3.05, 3.63) is 39.9 Å². The van der Waals surface area contributed by atoms with E-state index in [1.807, 2.05) is 0 Å². The smallest absolute Gasteiger partial charge is 0.269 e. The van der Waals surface area contributed by atoms with Crippen molar-refractivity contribution in [2.45, 2.75) is 25.4 Å². The van der Waals surface area contributed by atoms with E-state index in [1.165, 1.54) is 30.7 Å². The van der Waals surface area contributed by atoms with Crippen molar-refractivity contribution in [3.8, 4) is 0 Å². The van der Waals surface area contributed by atoms with Gasteiger partial charge in [-0.25, -0.2) is 0 Å². The van der Waals surface area contributed by atoms with Crippen molar-refractivity contribution in [1.29, 1.82) is 0 Å². The second-order valence-corrected chi connectivity index (χ2v) is 5.85. The van der Waals surface area contributed by atoms with E-state index in [9.17, 15) is 15.2 Å². The zero-order valence-electron chi connectivity index (χ0n) is 12.7. The zero-order valence-corrected chi connectivity index (χ0v) is 13.5. The van der Waals surface area contributed by atoms with Crippen LogP contribution in [0.25, 0.3) is 0 Å². The SMILES string of the molecule is O=[N+]([O-])c1ccc(C(Cl)=NOCC(O)CN2CCCCC2)cc1. The Balaban J connectivity index is 1.78. The van der Waals surface area contributed by atoms with Gasteiger partial charge >= 0.3 is 0 Å². The van der Waals surface area contributed by atoms with Crippen LogP contribution in [-0.4, -0.2) is 52.4 Å². The fourth-order valence-electron chi connectivity index (χ4n) is 2.45. The zero-order chi connectivity index (χ0) is 16.7. The number of hydrogen-bond acceptors (Lipinski definition) is 6. The van der Waals surface area contributed by atoms with Crippen LogP contribution >= 0.6 is 11.6 Å². The van der Waals surface area contributed by atoms with Gasteiger partial charge in [-0.1, -0.05) is 23.2 Å². The van der Waals surface area contributed by atoms with Crippen LogP contribution in [0.1, 0.15) is 24.8 Å². The van der Waals surface area contributed by atoms with Crippen molar-refractivity contribution in [2.75, 3.05) is 26.2 Å². The fourth-order valence-corrected chi connectivity index (χ4v) is 2.62. The molecule has 8 heteroatoms. The number of nitro groups is 1. The maximum atomic E-state index is 10.6. The number of halogens is 1. The summed E-state index contributed by atoms with van der Waals surface area (Å²) in [5.74, 6) is 0. The summed E-state index contributed by atoms with van der Waals surface area (Å²) in [6, 6.07) is 5.69. The molecule has 0 spiro atoms. The summed E-state index contributed by atoms with van der Waals surface area (Å²) < 4.78 is 0. The van der Waals surface area contributed by atoms with Gasteiger partial charge in [0.2, 0.25) is 0 Å². The summed E-state index contributed by atoms with van der Waals surface area (Å²) in [6.45, 7) is 2.62. The molecular weight excluding hydrogens is 322 g/mol. The number of benzene rings is 1. The van der Waals surface area contributed by atoms with E-state index in [-0.39, 0.29) is 17.5 Å². The van der Waals surface area contributed by atoms with E-state index in [2.05, 4.69) is 10.1 Å². The van der Waals surface area contributed by atoms with E-state index < -0.39 is 11.0 Å². The molecule has 7 nitrogen and oxygen atoms in total. The van der Waals surface area contributed by atoms with Gasteiger partial charge in [0.25, 0.3) is 5.69 Å². The average Bonchev–Trinajstić information content (AvgIpc) is 2.55. The molecule has 1 heterocycles. The Kier molecular flexibility index (Phi) is 6.76. The van der Waals surface area contributed by atoms with E-state index in [1.54, 1.807) is 0 Å². The van der Waals surface area contributed by atoms with Crippen molar-refractivity contribution >= 4 is 22.5 Å². The van der Waals surface area contributed by atoms with Crippen molar-refractivity contribution in [2.24, 2.45) is 5.16 Å². The summed E-state index contributed by atoms with van der Waals surface area (Å²) in [4.78, 5) is 17.4. The minimum Gasteiger partial charge on any atom is -0.392 e. The maximum Gasteiger partial charge on any atom is 0.269 e. The van der Waals surface area contributed by atoms with Crippen LogP contribution in [0.4, 0.5) is 5.69 Å². The van der Waals surface area contributed by atoms with Crippen LogP contribution in [-0.2, 0) is 4.84 Å². The number of aliphatic hydroxyl groups is 1. The number of nitrogens with zero attached hydrogens (tertiary/aromatic N) is 3. The van der Waals surface area contributed by atoms with Crippen LogP contribution in [0, 0.1) is 10.1 Å². The Hall–Kier alpha value is -1.70. The number of β-amino-alcohol motifs (C(OH)–C–C–N with tert-alkyl or cyclic N) is 1. The first kappa shape index (κ1) is 17.7. The van der Waals surface area contributed by atoms with Crippen LogP contribution in [0.5, 0.6) is 0 Å². The Morgan fingerprint density at radius 1 is 1.35 bits per heavy atom. The van der Waals surface area contributed by atoms with Crippen LogP contribution in [0.2, 0.25) is 0 Å². The molecule has 1 unspecified atom stereocenters. The van der Waals surface area contributed by atoms with Gasteiger partial charge in [0.1, 0.15) is 12.7 Å². The Morgan fingerprint density at radius 2 is 2.00 bits per heavy atom. The molecule has 1 atom stereocenters. The standard InChI is InChI=1S/C15H20ClN3O4/c16-15(12-4-6-13(7-5-12)19(21)22)17-23-11-14(20)10-18-8-2-1-3-9-18/h4-7,14,20H,1-3,8-11H2. The summed E-state index contributed by atoms with van der Waals surface area (Å²) in [5.41, 5.74) is 0.499. The predicted molar refractivity (Wildman–Crippen MR) is 87.7 cm³/mol. The number of non-ortho nitro benzene ring substituents is 1. The topological polar surface area (TPSA) is 88.2 Å². The minimum atomic E-state index is -0.627. The van der Waals surface area contributed by atoms with Crippen LogP contribution < -0.4 is 0 Å². The Morgan fingerprint density at radius 3 is 2.61 bits per heavy atom. The van der Waals surface area contributed by atoms with Gasteiger partial charge in [-0.3, -0.25) is 10.1 Å². The molecule has 2 rings (SSSR count). The molecule has 126 valence electrons. The van der Waals surface area contributed by atoms with Gasteiger partial charge in [0, 0.05) is 24.2 Å². The van der Waals surface area contributed by atoms with Crippen molar-refractivity contribution < 1.29 is 14.9 Å². The minimum absolute atomic E-state index is 0.0175. The van der Waals surface area contributed by atoms with Gasteiger partial charge in [0.05, 0.1) is 4.92 Å². The molecule has 1 saturated heterocycles. The quantitative estimate of drug-likeness (QED) is 0.467. The first-order chi connectivity index (χ1) is 11.1. The monoisotopic (exact) mass is 341 g/mol. The average molecular weight is 342 g/mol. The fraction of sp³-hybridized carbons (Fsp3) is 0.533. The normalized spacial score (nSPS) is 17.7. The van der Waals surface area contributed by atoms with E-state index in [0.717, 1.165) is 25.9 Å². The third kappa shape index (κ3) is 5.78. The number of rotatable bonds is 7. The Labute approximate surface area is 139 Å². The maximum absolute atomic E-state index is 10.6. The highest BCUT2D eigenvalue weighted by Crippen LogP contribution is 2.14. The first-order valence-electron chi connectivity index (χ1n) is 7.57. The van der Waals surface area contributed by atoms with Crippen molar-refractivity contribution in [1.82, 2.24) is 4.90 Å². The highest BCUT2D eigenvalue weighted by Gasteiger charge is 2.15. The molecule has 1 aromatic carbocycles. The van der Waals surface area contributed by atoms with Gasteiger partial charge in [-0.2, -0.15) is 0 Å². The molecule has 0 aromatic heterocycles. The predicted octanol–water partition coefficient (Wildman–Crippen LogP) is 2.36. The highest BCUT2D eigenvalue weighted by atomic mass is 35.5. The van der Waals surface area contributed by atoms with E-state index in [4.69, 9.17) is 16.4 Å². The summed E-state index contributed by atoms with van der Waals surface area (Å²) in [7, 11) is 0. The molecule has 1 aromatic rings. The molecule has 1 aliphatic heterocycles. The molecule has 1 fully saturated rings. The molecule has 0 bridgehead atoms. The number of nitro benzene ring substituents is 1. The van der Waals surface area contributed by atoms with E-state index in [0.29, 0.717) is 12.1 Å². The number of oxime groups is 1. The summed E-state index contributed by atoms with van der Waals surface area (Å²) >= 11 is 5.98. The molecule has 0 radical (unpaired) electrons. The molecule has 1 N–H and O–H groups in total. The van der Waals surface area contributed by atoms with Gasteiger partial charge in [-0.05, 0) is 38.1 Å². The van der Waals surface area contributed by atoms with Crippen molar-refractivity contribution in [3.63, 3.8) is 0 Å². The molecule has 23 heavy (non-hydrogen) atoms. The number of likely N-dealkylation sites (tertiary alicyclic amines) is 1. The highest BCUT2D eigenvalue weighted by molar-refractivity contribution is 6.69. The second kappa shape index (κ2) is 8.81. The summed E-state index contributed by atoms with van der Waals surface area (Å²) in [5, 5.41) is 24.3. The third-order valence-electron chi connectivity index (χ3n) is 3.65. The molecule has 0 amide bonds. The molecule has 0 saturated carbocycles. The van der Waals surface area contributed by atoms with Gasteiger partial charge in [-0.15, -0.1) is 0 Å². The van der Waals surface area contributed by atoms with E-state index >= 15 is 0 Å².